The number of nitrogens with one attached hydrogen (secondary N) is 2. The normalized spacial score (nSPS) is 11.2. The van der Waals surface area contributed by atoms with E-state index < -0.39 is 29.4 Å². The number of carboxylic acid groups (broad SMARTS) is 2. The number of carbonyl (C=O) groups is 4. The first kappa shape index (κ1) is 24.5. The molecule has 0 spiro atoms. The van der Waals surface area contributed by atoms with Crippen molar-refractivity contribution in [2.45, 2.75) is 52.5 Å². The van der Waals surface area contributed by atoms with E-state index in [-0.39, 0.29) is 31.3 Å². The lowest BCUT2D eigenvalue weighted by Gasteiger charge is -2.17. The minimum Gasteiger partial charge on any atom is -0.481 e. The Balaban J connectivity index is 0. The Hall–Kier alpha value is -2.74. The molecule has 142 valence electrons. The van der Waals surface area contributed by atoms with Gasteiger partial charge in [0.2, 0.25) is 0 Å². The SMILES string of the molecule is CC(C)(C)C(=O)CCCNC(=O)N[C@@H](CCC(=O)O)C(=O)O.O=C=O. The molecule has 2 amide bonds. The molecule has 0 fully saturated rings. The monoisotopic (exact) mass is 360 g/mol. The lowest BCUT2D eigenvalue weighted by molar-refractivity contribution is -0.191. The van der Waals surface area contributed by atoms with Gasteiger partial charge in [0.05, 0.1) is 0 Å². The third-order valence-corrected chi connectivity index (χ3v) is 2.95. The summed E-state index contributed by atoms with van der Waals surface area (Å²) in [7, 11) is 0. The largest absolute Gasteiger partial charge is 0.481 e. The molecule has 0 heterocycles. The first-order chi connectivity index (χ1) is 11.4. The van der Waals surface area contributed by atoms with E-state index in [0.717, 1.165) is 0 Å². The van der Waals surface area contributed by atoms with Gasteiger partial charge in [0.15, 0.2) is 0 Å². The molecule has 0 bridgehead atoms. The number of carboxylic acids is 2. The second-order valence-corrected chi connectivity index (χ2v) is 6.08. The number of hydrogen-bond donors (Lipinski definition) is 4. The summed E-state index contributed by atoms with van der Waals surface area (Å²) in [6, 6.07) is -1.95. The van der Waals surface area contributed by atoms with Crippen molar-refractivity contribution in [2.75, 3.05) is 6.54 Å². The van der Waals surface area contributed by atoms with Gasteiger partial charge in [-0.3, -0.25) is 9.59 Å². The van der Waals surface area contributed by atoms with E-state index >= 15 is 0 Å². The molecule has 0 unspecified atom stereocenters. The number of rotatable bonds is 9. The second kappa shape index (κ2) is 12.7. The molecule has 4 N–H and O–H groups in total. The van der Waals surface area contributed by atoms with Crippen LogP contribution in [0.3, 0.4) is 0 Å². The maximum atomic E-state index is 11.7. The topological polar surface area (TPSA) is 167 Å². The van der Waals surface area contributed by atoms with E-state index in [0.29, 0.717) is 12.8 Å². The number of carbonyl (C=O) groups excluding carboxylic acids is 4. The number of urea groups is 1. The van der Waals surface area contributed by atoms with E-state index in [1.54, 1.807) is 0 Å². The summed E-state index contributed by atoms with van der Waals surface area (Å²) in [6.07, 6.45) is 0.486. The van der Waals surface area contributed by atoms with Crippen LogP contribution < -0.4 is 10.6 Å². The average molecular weight is 360 g/mol. The molecule has 1 atom stereocenters. The standard InChI is InChI=1S/C14H24N2O6.CO2/c1-14(2,3)10(17)5-4-8-15-13(22)16-9(12(20)21)6-7-11(18)19;2-1-3/h9H,4-8H2,1-3H3,(H,18,19)(H,20,21)(H2,15,16,22);/t9-;/m0./s1. The van der Waals surface area contributed by atoms with Gasteiger partial charge in [0.1, 0.15) is 11.8 Å². The smallest absolute Gasteiger partial charge is 0.373 e. The molecule has 0 saturated heterocycles. The number of ketones is 1. The van der Waals surface area contributed by atoms with Crippen LogP contribution in [0.25, 0.3) is 0 Å². The summed E-state index contributed by atoms with van der Waals surface area (Å²) in [5.74, 6) is -2.34. The Labute approximate surface area is 145 Å². The van der Waals surface area contributed by atoms with Gasteiger partial charge in [-0.25, -0.2) is 9.59 Å². The molecule has 0 radical (unpaired) electrons. The Morgan fingerprint density at radius 3 is 1.96 bits per heavy atom. The highest BCUT2D eigenvalue weighted by molar-refractivity contribution is 5.84. The lowest BCUT2D eigenvalue weighted by Crippen LogP contribution is -2.46. The summed E-state index contributed by atoms with van der Waals surface area (Å²) in [5.41, 5.74) is -0.423. The number of Topliss-reactive ketones (excluding diaryl/α,β-unsaturated/α-hetero) is 1. The zero-order valence-corrected chi connectivity index (χ0v) is 14.5. The van der Waals surface area contributed by atoms with Crippen molar-refractivity contribution in [3.8, 4) is 0 Å². The van der Waals surface area contributed by atoms with Crippen LogP contribution in [0.4, 0.5) is 4.79 Å². The van der Waals surface area contributed by atoms with Gasteiger partial charge < -0.3 is 20.8 Å². The molecular weight excluding hydrogens is 336 g/mol. The van der Waals surface area contributed by atoms with Crippen LogP contribution in [0.2, 0.25) is 0 Å². The van der Waals surface area contributed by atoms with Gasteiger partial charge in [-0.05, 0) is 12.8 Å². The summed E-state index contributed by atoms with van der Waals surface area (Å²) >= 11 is 0. The lowest BCUT2D eigenvalue weighted by atomic mass is 9.88. The van der Waals surface area contributed by atoms with Crippen LogP contribution in [0.1, 0.15) is 46.5 Å². The van der Waals surface area contributed by atoms with Gasteiger partial charge in [0, 0.05) is 24.8 Å². The number of amides is 2. The molecular formula is C15H24N2O8. The number of aliphatic carboxylic acids is 2. The Morgan fingerprint density at radius 1 is 1.04 bits per heavy atom. The number of hydrogen-bond acceptors (Lipinski definition) is 6. The molecule has 0 saturated carbocycles. The summed E-state index contributed by atoms with van der Waals surface area (Å²) in [5, 5.41) is 22.0. The van der Waals surface area contributed by atoms with Gasteiger partial charge in [-0.1, -0.05) is 20.8 Å². The zero-order valence-electron chi connectivity index (χ0n) is 14.5. The highest BCUT2D eigenvalue weighted by Gasteiger charge is 2.22. The third-order valence-electron chi connectivity index (χ3n) is 2.95. The second-order valence-electron chi connectivity index (χ2n) is 6.08. The molecule has 25 heavy (non-hydrogen) atoms. The molecule has 0 aromatic carbocycles. The van der Waals surface area contributed by atoms with Crippen LogP contribution in [-0.2, 0) is 24.0 Å². The summed E-state index contributed by atoms with van der Waals surface area (Å²) in [6.45, 7) is 5.68. The van der Waals surface area contributed by atoms with Gasteiger partial charge >= 0.3 is 24.1 Å². The van der Waals surface area contributed by atoms with Crippen LogP contribution in [-0.4, -0.2) is 52.7 Å². The maximum absolute atomic E-state index is 11.7. The van der Waals surface area contributed by atoms with Crippen molar-refractivity contribution in [3.63, 3.8) is 0 Å². The van der Waals surface area contributed by atoms with E-state index in [9.17, 15) is 19.2 Å². The first-order valence-corrected chi connectivity index (χ1v) is 7.47. The van der Waals surface area contributed by atoms with Crippen LogP contribution in [0.15, 0.2) is 0 Å². The van der Waals surface area contributed by atoms with Crippen molar-refractivity contribution < 1.29 is 39.0 Å². The van der Waals surface area contributed by atoms with Crippen molar-refractivity contribution in [3.05, 3.63) is 0 Å². The fourth-order valence-electron chi connectivity index (χ4n) is 1.56. The summed E-state index contributed by atoms with van der Waals surface area (Å²) in [4.78, 5) is 60.8. The maximum Gasteiger partial charge on any atom is 0.373 e. The molecule has 0 aromatic heterocycles. The van der Waals surface area contributed by atoms with Gasteiger partial charge in [0.25, 0.3) is 0 Å². The molecule has 0 aliphatic heterocycles. The van der Waals surface area contributed by atoms with E-state index in [2.05, 4.69) is 10.6 Å². The minimum absolute atomic E-state index is 0.0829. The quantitative estimate of drug-likeness (QED) is 0.429. The fourth-order valence-corrected chi connectivity index (χ4v) is 1.56. The zero-order chi connectivity index (χ0) is 20.0. The minimum atomic E-state index is -1.29. The molecule has 0 aliphatic carbocycles. The van der Waals surface area contributed by atoms with Crippen molar-refractivity contribution in [2.24, 2.45) is 5.41 Å². The van der Waals surface area contributed by atoms with E-state index in [4.69, 9.17) is 19.8 Å². The van der Waals surface area contributed by atoms with Crippen molar-refractivity contribution >= 4 is 29.9 Å². The molecule has 0 aliphatic rings. The predicted molar refractivity (Wildman–Crippen MR) is 83.5 cm³/mol. The van der Waals surface area contributed by atoms with Gasteiger partial charge in [-0.2, -0.15) is 9.59 Å². The van der Waals surface area contributed by atoms with E-state index in [1.165, 1.54) is 0 Å². The Morgan fingerprint density at radius 2 is 1.56 bits per heavy atom. The molecule has 0 rings (SSSR count). The van der Waals surface area contributed by atoms with Crippen LogP contribution in [0, 0.1) is 5.41 Å². The van der Waals surface area contributed by atoms with Crippen LogP contribution in [0.5, 0.6) is 0 Å². The Bertz CT molecular complexity index is 504. The highest BCUT2D eigenvalue weighted by Crippen LogP contribution is 2.17. The third kappa shape index (κ3) is 14.6. The first-order valence-electron chi connectivity index (χ1n) is 7.47. The average Bonchev–Trinajstić information content (AvgIpc) is 2.47. The van der Waals surface area contributed by atoms with Crippen LogP contribution >= 0.6 is 0 Å². The molecule has 0 aromatic rings. The van der Waals surface area contributed by atoms with E-state index in [1.807, 2.05) is 20.8 Å². The molecule has 10 nitrogen and oxygen atoms in total. The van der Waals surface area contributed by atoms with Gasteiger partial charge in [-0.15, -0.1) is 0 Å². The van der Waals surface area contributed by atoms with Crippen molar-refractivity contribution in [1.82, 2.24) is 10.6 Å². The predicted octanol–water partition coefficient (Wildman–Crippen LogP) is 0.416. The Kier molecular flexibility index (Phi) is 12.4. The summed E-state index contributed by atoms with van der Waals surface area (Å²) < 4.78 is 0. The highest BCUT2D eigenvalue weighted by atomic mass is 16.4. The van der Waals surface area contributed by atoms with Crippen molar-refractivity contribution in [1.29, 1.82) is 0 Å². The molecule has 10 heteroatoms. The fraction of sp³-hybridized carbons (Fsp3) is 0.667.